The fourth-order valence-electron chi connectivity index (χ4n) is 2.08. The second-order valence-corrected chi connectivity index (χ2v) is 5.63. The molecule has 1 aromatic carbocycles. The molecular weight excluding hydrogens is 348 g/mol. The lowest BCUT2D eigenvalue weighted by atomic mass is 10.1. The molecule has 140 valence electrons. The minimum atomic E-state index is -0.668. The molecule has 8 nitrogen and oxygen atoms in total. The number of esters is 1. The third-order valence-electron chi connectivity index (χ3n) is 3.48. The number of benzene rings is 1. The van der Waals surface area contributed by atoms with E-state index in [4.69, 9.17) is 9.26 Å². The van der Waals surface area contributed by atoms with Gasteiger partial charge in [-0.3, -0.25) is 4.79 Å². The molecule has 8 heteroatoms. The molecule has 0 unspecified atom stereocenters. The Hall–Kier alpha value is -3.60. The number of amides is 1. The molecule has 0 saturated carbocycles. The van der Waals surface area contributed by atoms with Crippen molar-refractivity contribution in [3.05, 3.63) is 53.4 Å². The molecule has 0 fully saturated rings. The molecule has 1 heterocycles. The van der Waals surface area contributed by atoms with Crippen molar-refractivity contribution in [2.24, 2.45) is 0 Å². The van der Waals surface area contributed by atoms with Gasteiger partial charge in [-0.1, -0.05) is 30.6 Å². The molecule has 0 aliphatic carbocycles. The molecule has 0 radical (unpaired) electrons. The van der Waals surface area contributed by atoms with E-state index in [-0.39, 0.29) is 16.8 Å². The highest BCUT2D eigenvalue weighted by atomic mass is 16.5. The molecule has 0 aliphatic heterocycles. The number of aromatic nitrogens is 1. The maximum absolute atomic E-state index is 12.4. The Morgan fingerprint density at radius 1 is 1.37 bits per heavy atom. The van der Waals surface area contributed by atoms with E-state index in [0.29, 0.717) is 18.2 Å². The van der Waals surface area contributed by atoms with Crippen LogP contribution >= 0.6 is 0 Å². The first-order valence-electron chi connectivity index (χ1n) is 8.42. The summed E-state index contributed by atoms with van der Waals surface area (Å²) in [6.45, 7) is 4.02. The molecule has 0 spiro atoms. The van der Waals surface area contributed by atoms with Crippen molar-refractivity contribution in [1.82, 2.24) is 5.16 Å². The minimum absolute atomic E-state index is 0.190. The number of hydrogen-bond acceptors (Lipinski definition) is 7. The van der Waals surface area contributed by atoms with Gasteiger partial charge >= 0.3 is 5.97 Å². The van der Waals surface area contributed by atoms with Crippen LogP contribution in [0.2, 0.25) is 0 Å². The summed E-state index contributed by atoms with van der Waals surface area (Å²) in [6.07, 6.45) is 2.88. The number of aryl methyl sites for hydroxylation is 1. The maximum Gasteiger partial charge on any atom is 0.340 e. The van der Waals surface area contributed by atoms with E-state index in [9.17, 15) is 14.9 Å². The van der Waals surface area contributed by atoms with Crippen LogP contribution in [0.15, 0.2) is 46.6 Å². The first kappa shape index (κ1) is 19.7. The van der Waals surface area contributed by atoms with Gasteiger partial charge in [0, 0.05) is 12.3 Å². The molecule has 0 aliphatic rings. The number of nitrogens with one attached hydrogen (secondary N) is 2. The van der Waals surface area contributed by atoms with Gasteiger partial charge in [0.15, 0.2) is 5.82 Å². The van der Waals surface area contributed by atoms with Crippen LogP contribution in [0.25, 0.3) is 0 Å². The third kappa shape index (κ3) is 5.71. The quantitative estimate of drug-likeness (QED) is 0.317. The average Bonchev–Trinajstić information content (AvgIpc) is 3.08. The van der Waals surface area contributed by atoms with Crippen molar-refractivity contribution < 1.29 is 18.8 Å². The van der Waals surface area contributed by atoms with Crippen LogP contribution in [0, 0.1) is 18.3 Å². The van der Waals surface area contributed by atoms with E-state index >= 15 is 0 Å². The number of nitriles is 1. The number of hydrogen-bond donors (Lipinski definition) is 2. The standard InChI is InChI=1S/C19H20N4O4/c1-3-4-9-26-19(25)15-7-5-6-8-16(15)22-18(24)14(11-20)12-21-17-10-13(2)27-23-17/h5-8,10,12H,3-4,9H2,1-2H3,(H,21,23)(H,22,24)/b14-12-. The highest BCUT2D eigenvalue weighted by Gasteiger charge is 2.16. The van der Waals surface area contributed by atoms with Crippen molar-refractivity contribution in [2.75, 3.05) is 17.2 Å². The van der Waals surface area contributed by atoms with Gasteiger partial charge in [0.05, 0.1) is 17.9 Å². The Labute approximate surface area is 156 Å². The van der Waals surface area contributed by atoms with Crippen LogP contribution in [0.1, 0.15) is 35.9 Å². The summed E-state index contributed by atoms with van der Waals surface area (Å²) in [6, 6.07) is 9.88. The van der Waals surface area contributed by atoms with Crippen LogP contribution in [-0.4, -0.2) is 23.6 Å². The number of nitrogens with zero attached hydrogens (tertiary/aromatic N) is 2. The van der Waals surface area contributed by atoms with Gasteiger partial charge in [0.25, 0.3) is 5.91 Å². The topological polar surface area (TPSA) is 117 Å². The zero-order valence-electron chi connectivity index (χ0n) is 15.1. The lowest BCUT2D eigenvalue weighted by molar-refractivity contribution is -0.112. The fraction of sp³-hybridized carbons (Fsp3) is 0.263. The molecule has 27 heavy (non-hydrogen) atoms. The highest BCUT2D eigenvalue weighted by molar-refractivity contribution is 6.09. The van der Waals surface area contributed by atoms with Gasteiger partial charge in [0.2, 0.25) is 0 Å². The number of carbonyl (C=O) groups is 2. The van der Waals surface area contributed by atoms with Gasteiger partial charge in [-0.05, 0) is 25.5 Å². The molecule has 0 atom stereocenters. The Kier molecular flexibility index (Phi) is 7.14. The van der Waals surface area contributed by atoms with E-state index in [1.54, 1.807) is 43.3 Å². The molecule has 1 amide bonds. The van der Waals surface area contributed by atoms with Gasteiger partial charge in [-0.2, -0.15) is 5.26 Å². The van der Waals surface area contributed by atoms with Crippen molar-refractivity contribution >= 4 is 23.4 Å². The SMILES string of the molecule is CCCCOC(=O)c1ccccc1NC(=O)/C(C#N)=C\Nc1cc(C)on1. The van der Waals surface area contributed by atoms with E-state index in [0.717, 1.165) is 12.8 Å². The molecule has 2 aromatic rings. The normalized spacial score (nSPS) is 10.8. The Morgan fingerprint density at radius 3 is 2.81 bits per heavy atom. The van der Waals surface area contributed by atoms with Gasteiger partial charge in [-0.25, -0.2) is 4.79 Å². The molecule has 1 aromatic heterocycles. The zero-order chi connectivity index (χ0) is 19.6. The van der Waals surface area contributed by atoms with Crippen molar-refractivity contribution in [3.8, 4) is 6.07 Å². The summed E-state index contributed by atoms with van der Waals surface area (Å²) in [5, 5.41) is 18.2. The molecule has 2 rings (SSSR count). The highest BCUT2D eigenvalue weighted by Crippen LogP contribution is 2.17. The predicted octanol–water partition coefficient (Wildman–Crippen LogP) is 3.40. The first-order valence-corrected chi connectivity index (χ1v) is 8.42. The van der Waals surface area contributed by atoms with Gasteiger partial charge < -0.3 is 19.9 Å². The van der Waals surface area contributed by atoms with E-state index in [2.05, 4.69) is 15.8 Å². The second-order valence-electron chi connectivity index (χ2n) is 5.63. The molecular formula is C19H20N4O4. The number of carbonyl (C=O) groups excluding carboxylic acids is 2. The number of rotatable bonds is 8. The van der Waals surface area contributed by atoms with Crippen molar-refractivity contribution in [3.63, 3.8) is 0 Å². The van der Waals surface area contributed by atoms with E-state index < -0.39 is 11.9 Å². The summed E-state index contributed by atoms with van der Waals surface area (Å²) in [5.41, 5.74) is 0.298. The van der Waals surface area contributed by atoms with Crippen LogP contribution in [0.4, 0.5) is 11.5 Å². The lowest BCUT2D eigenvalue weighted by Crippen LogP contribution is -2.18. The van der Waals surface area contributed by atoms with Crippen molar-refractivity contribution in [1.29, 1.82) is 5.26 Å². The van der Waals surface area contributed by atoms with Crippen LogP contribution in [-0.2, 0) is 9.53 Å². The predicted molar refractivity (Wildman–Crippen MR) is 98.8 cm³/mol. The summed E-state index contributed by atoms with van der Waals surface area (Å²) < 4.78 is 10.1. The molecule has 0 saturated heterocycles. The summed E-state index contributed by atoms with van der Waals surface area (Å²) in [5.74, 6) is -0.241. The maximum atomic E-state index is 12.4. The fourth-order valence-corrected chi connectivity index (χ4v) is 2.08. The third-order valence-corrected chi connectivity index (χ3v) is 3.48. The number of para-hydroxylation sites is 1. The van der Waals surface area contributed by atoms with Crippen LogP contribution in [0.3, 0.4) is 0 Å². The van der Waals surface area contributed by atoms with Crippen molar-refractivity contribution in [2.45, 2.75) is 26.7 Å². The smallest absolute Gasteiger partial charge is 0.340 e. The first-order chi connectivity index (χ1) is 13.0. The van der Waals surface area contributed by atoms with E-state index in [1.807, 2.05) is 6.92 Å². The van der Waals surface area contributed by atoms with Crippen LogP contribution in [0.5, 0.6) is 0 Å². The Bertz CT molecular complexity index is 880. The second kappa shape index (κ2) is 9.77. The summed E-state index contributed by atoms with van der Waals surface area (Å²) in [7, 11) is 0. The molecule has 0 bridgehead atoms. The Morgan fingerprint density at radius 2 is 2.15 bits per heavy atom. The summed E-state index contributed by atoms with van der Waals surface area (Å²) in [4.78, 5) is 24.6. The largest absolute Gasteiger partial charge is 0.462 e. The number of unbranched alkanes of at least 4 members (excludes halogenated alkanes) is 1. The zero-order valence-corrected chi connectivity index (χ0v) is 15.1. The number of anilines is 2. The summed E-state index contributed by atoms with van der Waals surface area (Å²) >= 11 is 0. The van der Waals surface area contributed by atoms with E-state index in [1.165, 1.54) is 6.20 Å². The van der Waals surface area contributed by atoms with Gasteiger partial charge in [-0.15, -0.1) is 0 Å². The van der Waals surface area contributed by atoms with Gasteiger partial charge in [0.1, 0.15) is 17.4 Å². The van der Waals surface area contributed by atoms with Crippen LogP contribution < -0.4 is 10.6 Å². The average molecular weight is 368 g/mol. The lowest BCUT2D eigenvalue weighted by Gasteiger charge is -2.10. The molecule has 2 N–H and O–H groups in total. The minimum Gasteiger partial charge on any atom is -0.462 e. The Balaban J connectivity index is 2.09. The number of ether oxygens (including phenoxy) is 1. The monoisotopic (exact) mass is 368 g/mol.